The molecule has 0 saturated carbocycles. The maximum atomic E-state index is 11.8. The highest BCUT2D eigenvalue weighted by Gasteiger charge is 2.29. The smallest absolute Gasteiger partial charge is 0.317 e. The minimum Gasteiger partial charge on any atom is -0.365 e. The molecule has 7 nitrogen and oxygen atoms in total. The van der Waals surface area contributed by atoms with Gasteiger partial charge in [0, 0.05) is 22.7 Å². The van der Waals surface area contributed by atoms with Crippen LogP contribution >= 0.6 is 11.3 Å². The summed E-state index contributed by atoms with van der Waals surface area (Å²) in [6, 6.07) is -0.704. The first-order valence-corrected chi connectivity index (χ1v) is 8.41. The van der Waals surface area contributed by atoms with E-state index in [4.69, 9.17) is 11.5 Å². The van der Waals surface area contributed by atoms with Gasteiger partial charge < -0.3 is 11.5 Å². The molecule has 0 fully saturated rings. The Balaban J connectivity index is 2.07. The Morgan fingerprint density at radius 3 is 2.83 bits per heavy atom. The number of anilines is 1. The topological polar surface area (TPSA) is 116 Å². The Labute approximate surface area is 137 Å². The third-order valence-electron chi connectivity index (χ3n) is 4.02. The second-order valence-electron chi connectivity index (χ2n) is 5.55. The van der Waals surface area contributed by atoms with Gasteiger partial charge in [0.25, 0.3) is 5.91 Å². The van der Waals surface area contributed by atoms with Gasteiger partial charge in [0.2, 0.25) is 0 Å². The molecule has 8 heteroatoms. The lowest BCUT2D eigenvalue weighted by Crippen LogP contribution is -2.22. The Kier molecular flexibility index (Phi) is 4.08. The normalized spacial score (nSPS) is 12.6. The number of hydrogen-bond donors (Lipinski definition) is 3. The number of thiophene rings is 1. The highest BCUT2D eigenvalue weighted by molar-refractivity contribution is 7.20. The monoisotopic (exact) mass is 333 g/mol. The van der Waals surface area contributed by atoms with Crippen LogP contribution in [0.3, 0.4) is 0 Å². The molecule has 0 aromatic carbocycles. The Morgan fingerprint density at radius 2 is 2.17 bits per heavy atom. The number of fused-ring (bicyclic) bond motifs is 3. The Morgan fingerprint density at radius 1 is 1.39 bits per heavy atom. The van der Waals surface area contributed by atoms with Crippen molar-refractivity contribution in [2.24, 2.45) is 11.5 Å². The van der Waals surface area contributed by atoms with Crippen molar-refractivity contribution in [3.8, 4) is 10.4 Å². The van der Waals surface area contributed by atoms with Crippen LogP contribution in [-0.4, -0.2) is 21.7 Å². The average molecular weight is 333 g/mol. The van der Waals surface area contributed by atoms with Crippen molar-refractivity contribution >= 4 is 28.3 Å². The summed E-state index contributed by atoms with van der Waals surface area (Å²) in [5, 5.41) is 7.41. The lowest BCUT2D eigenvalue weighted by molar-refractivity contribution is 0.100. The van der Waals surface area contributed by atoms with E-state index in [1.165, 1.54) is 17.0 Å². The zero-order chi connectivity index (χ0) is 16.6. The molecular formula is C15H19N5O2S. The fourth-order valence-corrected chi connectivity index (χ4v) is 4.28. The zero-order valence-electron chi connectivity index (χ0n) is 12.9. The van der Waals surface area contributed by atoms with Gasteiger partial charge in [-0.15, -0.1) is 11.3 Å². The van der Waals surface area contributed by atoms with E-state index >= 15 is 0 Å². The fourth-order valence-electron chi connectivity index (χ4n) is 2.99. The summed E-state index contributed by atoms with van der Waals surface area (Å²) in [4.78, 5) is 23.9. The minimum atomic E-state index is -0.704. The molecule has 0 unspecified atom stereocenters. The molecule has 3 rings (SSSR count). The van der Waals surface area contributed by atoms with E-state index in [9.17, 15) is 9.59 Å². The van der Waals surface area contributed by atoms with E-state index in [0.29, 0.717) is 17.0 Å². The standard InChI is InChI=1S/C15H19N5O2S/c1-2-3-6-20-10-5-4-8-11(13(16)21)14(19-15(17)22)23-12(8)9(10)7-18-20/h7H,2-6H2,1H3,(H2,16,21)(H3,17,19,22). The van der Waals surface area contributed by atoms with Crippen LogP contribution in [-0.2, 0) is 19.4 Å². The first kappa shape index (κ1) is 15.5. The molecule has 122 valence electrons. The number of primary amides is 2. The molecule has 2 heterocycles. The third kappa shape index (κ3) is 2.70. The number of aryl methyl sites for hydroxylation is 1. The quantitative estimate of drug-likeness (QED) is 0.778. The number of unbranched alkanes of at least 4 members (excludes halogenated alkanes) is 1. The van der Waals surface area contributed by atoms with E-state index in [1.54, 1.807) is 0 Å². The van der Waals surface area contributed by atoms with Crippen molar-refractivity contribution < 1.29 is 9.59 Å². The summed E-state index contributed by atoms with van der Waals surface area (Å²) in [6.45, 7) is 3.04. The summed E-state index contributed by atoms with van der Waals surface area (Å²) in [5.41, 5.74) is 14.1. The second kappa shape index (κ2) is 6.04. The van der Waals surface area contributed by atoms with Crippen molar-refractivity contribution in [3.63, 3.8) is 0 Å². The van der Waals surface area contributed by atoms with Gasteiger partial charge in [-0.2, -0.15) is 5.10 Å². The Hall–Kier alpha value is -2.35. The lowest BCUT2D eigenvalue weighted by Gasteiger charge is -2.15. The van der Waals surface area contributed by atoms with Gasteiger partial charge >= 0.3 is 6.03 Å². The van der Waals surface area contributed by atoms with Crippen LogP contribution in [0.5, 0.6) is 0 Å². The lowest BCUT2D eigenvalue weighted by atomic mass is 9.93. The molecule has 3 amide bonds. The molecule has 0 aliphatic heterocycles. The van der Waals surface area contributed by atoms with Crippen molar-refractivity contribution in [2.45, 2.75) is 39.2 Å². The fraction of sp³-hybridized carbons (Fsp3) is 0.400. The van der Waals surface area contributed by atoms with E-state index < -0.39 is 11.9 Å². The van der Waals surface area contributed by atoms with Gasteiger partial charge in [-0.05, 0) is 24.8 Å². The van der Waals surface area contributed by atoms with E-state index in [1.807, 2.05) is 10.9 Å². The van der Waals surface area contributed by atoms with Crippen molar-refractivity contribution in [1.29, 1.82) is 0 Å². The van der Waals surface area contributed by atoms with E-state index in [0.717, 1.165) is 41.8 Å². The summed E-state index contributed by atoms with van der Waals surface area (Å²) < 4.78 is 2.03. The van der Waals surface area contributed by atoms with Gasteiger partial charge in [-0.1, -0.05) is 13.3 Å². The van der Waals surface area contributed by atoms with Crippen LogP contribution in [0.2, 0.25) is 0 Å². The third-order valence-corrected chi connectivity index (χ3v) is 5.20. The van der Waals surface area contributed by atoms with Crippen LogP contribution in [0.1, 0.15) is 41.4 Å². The number of rotatable bonds is 5. The number of hydrogen-bond acceptors (Lipinski definition) is 4. The molecular weight excluding hydrogens is 314 g/mol. The number of carbonyl (C=O) groups is 2. The number of aromatic nitrogens is 2. The highest BCUT2D eigenvalue weighted by Crippen LogP contribution is 2.44. The van der Waals surface area contributed by atoms with Crippen LogP contribution in [0.4, 0.5) is 9.80 Å². The molecule has 5 N–H and O–H groups in total. The SMILES string of the molecule is CCCCn1ncc2c1CCc1c-2sc(NC(N)=O)c1C(N)=O. The molecule has 0 radical (unpaired) electrons. The van der Waals surface area contributed by atoms with Crippen LogP contribution in [0, 0.1) is 0 Å². The number of amides is 3. The predicted molar refractivity (Wildman–Crippen MR) is 89.6 cm³/mol. The van der Waals surface area contributed by atoms with Gasteiger partial charge in [0.05, 0.1) is 11.8 Å². The van der Waals surface area contributed by atoms with Crippen LogP contribution < -0.4 is 16.8 Å². The number of urea groups is 1. The van der Waals surface area contributed by atoms with E-state index in [-0.39, 0.29) is 0 Å². The predicted octanol–water partition coefficient (Wildman–Crippen LogP) is 2.10. The largest absolute Gasteiger partial charge is 0.365 e. The molecule has 1 aliphatic rings. The molecule has 0 bridgehead atoms. The van der Waals surface area contributed by atoms with Gasteiger partial charge in [0.15, 0.2) is 0 Å². The summed E-state index contributed by atoms with van der Waals surface area (Å²) in [5.74, 6) is -0.548. The van der Waals surface area contributed by atoms with Gasteiger partial charge in [-0.25, -0.2) is 4.79 Å². The van der Waals surface area contributed by atoms with E-state index in [2.05, 4.69) is 17.3 Å². The molecule has 2 aromatic heterocycles. The maximum Gasteiger partial charge on any atom is 0.317 e. The number of carbonyl (C=O) groups excluding carboxylic acids is 2. The summed E-state index contributed by atoms with van der Waals surface area (Å²) in [7, 11) is 0. The number of nitrogens with two attached hydrogens (primary N) is 2. The van der Waals surface area contributed by atoms with Crippen LogP contribution in [0.15, 0.2) is 6.20 Å². The van der Waals surface area contributed by atoms with Crippen LogP contribution in [0.25, 0.3) is 10.4 Å². The molecule has 2 aromatic rings. The zero-order valence-corrected chi connectivity index (χ0v) is 13.7. The second-order valence-corrected chi connectivity index (χ2v) is 6.57. The first-order chi connectivity index (χ1) is 11.0. The maximum absolute atomic E-state index is 11.8. The van der Waals surface area contributed by atoms with Gasteiger partial charge in [-0.3, -0.25) is 14.8 Å². The molecule has 0 atom stereocenters. The molecule has 1 aliphatic carbocycles. The molecule has 0 spiro atoms. The van der Waals surface area contributed by atoms with Crippen molar-refractivity contribution in [3.05, 3.63) is 23.0 Å². The Bertz CT molecular complexity index is 777. The summed E-state index contributed by atoms with van der Waals surface area (Å²) in [6.07, 6.45) is 5.52. The molecule has 23 heavy (non-hydrogen) atoms. The first-order valence-electron chi connectivity index (χ1n) is 7.59. The minimum absolute atomic E-state index is 0.371. The average Bonchev–Trinajstić information content (AvgIpc) is 3.04. The van der Waals surface area contributed by atoms with Crippen molar-refractivity contribution in [2.75, 3.05) is 5.32 Å². The summed E-state index contributed by atoms with van der Waals surface area (Å²) >= 11 is 1.33. The number of nitrogens with zero attached hydrogens (tertiary/aromatic N) is 2. The van der Waals surface area contributed by atoms with Crippen molar-refractivity contribution in [1.82, 2.24) is 9.78 Å². The molecule has 0 saturated heterocycles. The highest BCUT2D eigenvalue weighted by atomic mass is 32.1. The number of nitrogens with one attached hydrogen (secondary N) is 1. The van der Waals surface area contributed by atoms with Gasteiger partial charge in [0.1, 0.15) is 5.00 Å².